The fraction of sp³-hybridized carbons (Fsp3) is 0.375. The van der Waals surface area contributed by atoms with Crippen molar-refractivity contribution in [1.29, 1.82) is 0 Å². The molecule has 0 bridgehead atoms. The number of rotatable bonds is 7. The van der Waals surface area contributed by atoms with Gasteiger partial charge in [-0.2, -0.15) is 0 Å². The van der Waals surface area contributed by atoms with Crippen LogP contribution in [0.25, 0.3) is 11.3 Å². The van der Waals surface area contributed by atoms with Gasteiger partial charge in [-0.05, 0) is 6.42 Å². The second-order valence-electron chi connectivity index (χ2n) is 4.84. The summed E-state index contributed by atoms with van der Waals surface area (Å²) in [5.74, 6) is 1.14. The van der Waals surface area contributed by atoms with E-state index < -0.39 is 0 Å². The lowest BCUT2D eigenvalue weighted by Gasteiger charge is -2.13. The van der Waals surface area contributed by atoms with Gasteiger partial charge in [-0.15, -0.1) is 0 Å². The predicted molar refractivity (Wildman–Crippen MR) is 79.6 cm³/mol. The summed E-state index contributed by atoms with van der Waals surface area (Å²) >= 11 is 0. The molecule has 112 valence electrons. The Labute approximate surface area is 124 Å². The molecule has 2 N–H and O–H groups in total. The number of hydrogen-bond donors (Lipinski definition) is 2. The van der Waals surface area contributed by atoms with Gasteiger partial charge in [0.2, 0.25) is 5.91 Å². The number of amides is 1. The van der Waals surface area contributed by atoms with E-state index in [0.717, 1.165) is 5.56 Å². The lowest BCUT2D eigenvalue weighted by Crippen LogP contribution is -2.37. The average Bonchev–Trinajstić information content (AvgIpc) is 3.00. The number of aliphatic hydroxyl groups is 1. The normalized spacial score (nSPS) is 12.1. The van der Waals surface area contributed by atoms with Gasteiger partial charge in [-0.3, -0.25) is 4.79 Å². The minimum atomic E-state index is -0.179. The Hall–Kier alpha value is -2.14. The van der Waals surface area contributed by atoms with Gasteiger partial charge in [-0.1, -0.05) is 37.3 Å². The summed E-state index contributed by atoms with van der Waals surface area (Å²) in [6.45, 7) is 1.88. The monoisotopic (exact) mass is 288 g/mol. The highest BCUT2D eigenvalue weighted by molar-refractivity contribution is 5.76. The second-order valence-corrected chi connectivity index (χ2v) is 4.84. The Morgan fingerprint density at radius 3 is 2.81 bits per heavy atom. The number of nitrogens with one attached hydrogen (secondary N) is 1. The number of aliphatic hydroxyl groups excluding tert-OH is 1. The predicted octanol–water partition coefficient (Wildman–Crippen LogP) is 2.16. The van der Waals surface area contributed by atoms with E-state index in [0.29, 0.717) is 30.9 Å². The van der Waals surface area contributed by atoms with Crippen molar-refractivity contribution in [3.63, 3.8) is 0 Å². The molecule has 21 heavy (non-hydrogen) atoms. The minimum Gasteiger partial charge on any atom is -0.441 e. The van der Waals surface area contributed by atoms with Gasteiger partial charge in [0.05, 0.1) is 18.8 Å². The third-order valence-electron chi connectivity index (χ3n) is 3.26. The molecule has 5 heteroatoms. The van der Waals surface area contributed by atoms with Crippen molar-refractivity contribution >= 4 is 5.91 Å². The Balaban J connectivity index is 1.87. The van der Waals surface area contributed by atoms with Gasteiger partial charge in [-0.25, -0.2) is 4.98 Å². The molecular formula is C16H20N2O3. The molecule has 2 rings (SSSR count). The smallest absolute Gasteiger partial charge is 0.220 e. The van der Waals surface area contributed by atoms with Crippen LogP contribution in [0.5, 0.6) is 0 Å². The molecule has 0 aliphatic rings. The third kappa shape index (κ3) is 4.43. The molecule has 0 fully saturated rings. The Bertz CT molecular complexity index is 562. The molecule has 5 nitrogen and oxygen atoms in total. The lowest BCUT2D eigenvalue weighted by molar-refractivity contribution is -0.122. The number of hydrogen-bond acceptors (Lipinski definition) is 4. The van der Waals surface area contributed by atoms with Crippen molar-refractivity contribution in [3.05, 3.63) is 42.4 Å². The van der Waals surface area contributed by atoms with Gasteiger partial charge in [0, 0.05) is 18.4 Å². The van der Waals surface area contributed by atoms with Crippen LogP contribution >= 0.6 is 0 Å². The molecule has 0 saturated carbocycles. The molecule has 1 atom stereocenters. The molecule has 0 spiro atoms. The van der Waals surface area contributed by atoms with E-state index in [1.165, 1.54) is 0 Å². The van der Waals surface area contributed by atoms with Crippen LogP contribution in [-0.4, -0.2) is 28.6 Å². The summed E-state index contributed by atoms with van der Waals surface area (Å²) in [6.07, 6.45) is 3.12. The molecule has 1 unspecified atom stereocenters. The number of oxazole rings is 1. The SMILES string of the molecule is CCC(CO)NC(=O)CCc1ncc(-c2ccccc2)o1. The van der Waals surface area contributed by atoms with E-state index in [1.807, 2.05) is 37.3 Å². The molecule has 1 amide bonds. The number of nitrogens with zero attached hydrogens (tertiary/aromatic N) is 1. The topological polar surface area (TPSA) is 75.4 Å². The zero-order chi connectivity index (χ0) is 15.1. The maximum absolute atomic E-state index is 11.7. The first kappa shape index (κ1) is 15.3. The van der Waals surface area contributed by atoms with E-state index in [9.17, 15) is 4.79 Å². The van der Waals surface area contributed by atoms with Crippen molar-refractivity contribution in [2.45, 2.75) is 32.2 Å². The van der Waals surface area contributed by atoms with Crippen LogP contribution in [0.3, 0.4) is 0 Å². The summed E-state index contributed by atoms with van der Waals surface area (Å²) in [7, 11) is 0. The largest absolute Gasteiger partial charge is 0.441 e. The number of carbonyl (C=O) groups is 1. The number of aryl methyl sites for hydroxylation is 1. The van der Waals surface area contributed by atoms with Crippen molar-refractivity contribution in [3.8, 4) is 11.3 Å². The Morgan fingerprint density at radius 1 is 1.38 bits per heavy atom. The first-order chi connectivity index (χ1) is 10.2. The van der Waals surface area contributed by atoms with Crippen molar-refractivity contribution in [1.82, 2.24) is 10.3 Å². The van der Waals surface area contributed by atoms with E-state index in [1.54, 1.807) is 6.20 Å². The van der Waals surface area contributed by atoms with Gasteiger partial charge in [0.15, 0.2) is 11.7 Å². The minimum absolute atomic E-state index is 0.0423. The van der Waals surface area contributed by atoms with E-state index in [2.05, 4.69) is 10.3 Å². The molecule has 0 aliphatic carbocycles. The third-order valence-corrected chi connectivity index (χ3v) is 3.26. The van der Waals surface area contributed by atoms with Crippen LogP contribution in [-0.2, 0) is 11.2 Å². The van der Waals surface area contributed by atoms with Crippen molar-refractivity contribution in [2.75, 3.05) is 6.61 Å². The highest BCUT2D eigenvalue weighted by atomic mass is 16.4. The highest BCUT2D eigenvalue weighted by Crippen LogP contribution is 2.20. The van der Waals surface area contributed by atoms with E-state index >= 15 is 0 Å². The van der Waals surface area contributed by atoms with Crippen LogP contribution in [0.15, 0.2) is 40.9 Å². The van der Waals surface area contributed by atoms with Crippen LogP contribution < -0.4 is 5.32 Å². The molecule has 1 aromatic carbocycles. The van der Waals surface area contributed by atoms with Crippen LogP contribution in [0.2, 0.25) is 0 Å². The van der Waals surface area contributed by atoms with Crippen molar-refractivity contribution < 1.29 is 14.3 Å². The van der Waals surface area contributed by atoms with E-state index in [4.69, 9.17) is 9.52 Å². The summed E-state index contributed by atoms with van der Waals surface area (Å²) < 4.78 is 5.64. The van der Waals surface area contributed by atoms with E-state index in [-0.39, 0.29) is 18.6 Å². The maximum Gasteiger partial charge on any atom is 0.220 e. The fourth-order valence-electron chi connectivity index (χ4n) is 1.96. The number of aromatic nitrogens is 1. The standard InChI is InChI=1S/C16H20N2O3/c1-2-13(11-19)18-15(20)8-9-16-17-10-14(21-16)12-6-4-3-5-7-12/h3-7,10,13,19H,2,8-9,11H2,1H3,(H,18,20). The Kier molecular flexibility index (Phi) is 5.51. The zero-order valence-corrected chi connectivity index (χ0v) is 12.1. The first-order valence-corrected chi connectivity index (χ1v) is 7.13. The van der Waals surface area contributed by atoms with Crippen molar-refractivity contribution in [2.24, 2.45) is 0 Å². The number of benzene rings is 1. The summed E-state index contributed by atoms with van der Waals surface area (Å²) in [4.78, 5) is 15.9. The van der Waals surface area contributed by atoms with Gasteiger partial charge in [0.1, 0.15) is 0 Å². The summed E-state index contributed by atoms with van der Waals surface area (Å²) in [6, 6.07) is 9.53. The van der Waals surface area contributed by atoms with Crippen LogP contribution in [0.4, 0.5) is 0 Å². The highest BCUT2D eigenvalue weighted by Gasteiger charge is 2.11. The Morgan fingerprint density at radius 2 is 2.14 bits per heavy atom. The molecule has 2 aromatic rings. The molecular weight excluding hydrogens is 268 g/mol. The number of carbonyl (C=O) groups excluding carboxylic acids is 1. The second kappa shape index (κ2) is 7.59. The molecule has 0 radical (unpaired) electrons. The van der Waals surface area contributed by atoms with Crippen LogP contribution in [0.1, 0.15) is 25.7 Å². The first-order valence-electron chi connectivity index (χ1n) is 7.13. The summed E-state index contributed by atoms with van der Waals surface area (Å²) in [5.41, 5.74) is 0.965. The zero-order valence-electron chi connectivity index (χ0n) is 12.1. The molecule has 1 aromatic heterocycles. The van der Waals surface area contributed by atoms with Gasteiger partial charge >= 0.3 is 0 Å². The molecule has 1 heterocycles. The lowest BCUT2D eigenvalue weighted by atomic mass is 10.2. The maximum atomic E-state index is 11.7. The fourth-order valence-corrected chi connectivity index (χ4v) is 1.96. The van der Waals surface area contributed by atoms with Crippen LogP contribution in [0, 0.1) is 0 Å². The summed E-state index contributed by atoms with van der Waals surface area (Å²) in [5, 5.41) is 11.8. The molecule has 0 aliphatic heterocycles. The van der Waals surface area contributed by atoms with Gasteiger partial charge in [0.25, 0.3) is 0 Å². The molecule has 0 saturated heterocycles. The van der Waals surface area contributed by atoms with Gasteiger partial charge < -0.3 is 14.8 Å². The quantitative estimate of drug-likeness (QED) is 0.818. The average molecular weight is 288 g/mol.